The molecule has 0 saturated heterocycles. The number of rotatable bonds is 7. The summed E-state index contributed by atoms with van der Waals surface area (Å²) >= 11 is 0. The first-order valence-electron chi connectivity index (χ1n) is 5.85. The number of nitrogens with two attached hydrogens (primary N) is 1. The molecule has 0 bridgehead atoms. The molecule has 0 aromatic heterocycles. The monoisotopic (exact) mass is 239 g/mol. The highest BCUT2D eigenvalue weighted by molar-refractivity contribution is 5.29. The lowest BCUT2D eigenvalue weighted by atomic mass is 10.1. The van der Waals surface area contributed by atoms with Crippen LogP contribution in [-0.4, -0.2) is 26.6 Å². The molecular formula is C13H21NO3. The van der Waals surface area contributed by atoms with Crippen molar-refractivity contribution in [1.29, 1.82) is 0 Å². The van der Waals surface area contributed by atoms with Crippen LogP contribution in [0.4, 0.5) is 0 Å². The van der Waals surface area contributed by atoms with Gasteiger partial charge in [-0.2, -0.15) is 0 Å². The van der Waals surface area contributed by atoms with Gasteiger partial charge in [0.15, 0.2) is 6.29 Å². The summed E-state index contributed by atoms with van der Waals surface area (Å²) in [5.41, 5.74) is 7.08. The third-order valence-corrected chi connectivity index (χ3v) is 2.46. The maximum absolute atomic E-state index is 6.11. The van der Waals surface area contributed by atoms with Crippen molar-refractivity contribution in [3.63, 3.8) is 0 Å². The van der Waals surface area contributed by atoms with E-state index in [1.54, 1.807) is 7.11 Å². The van der Waals surface area contributed by atoms with Crippen LogP contribution < -0.4 is 10.5 Å². The molecule has 1 atom stereocenters. The van der Waals surface area contributed by atoms with Gasteiger partial charge in [0.05, 0.1) is 13.2 Å². The molecule has 0 saturated carbocycles. The minimum Gasteiger partial charge on any atom is -0.497 e. The van der Waals surface area contributed by atoms with E-state index in [9.17, 15) is 0 Å². The van der Waals surface area contributed by atoms with Crippen LogP contribution in [0.1, 0.15) is 25.5 Å². The number of benzene rings is 1. The summed E-state index contributed by atoms with van der Waals surface area (Å²) in [5, 5.41) is 0. The molecule has 0 spiro atoms. The summed E-state index contributed by atoms with van der Waals surface area (Å²) in [7, 11) is 1.64. The fourth-order valence-corrected chi connectivity index (χ4v) is 1.57. The summed E-state index contributed by atoms with van der Waals surface area (Å²) in [6, 6.07) is 7.32. The average molecular weight is 239 g/mol. The quantitative estimate of drug-likeness (QED) is 0.740. The molecule has 0 heterocycles. The largest absolute Gasteiger partial charge is 0.497 e. The highest BCUT2D eigenvalue weighted by atomic mass is 16.7. The van der Waals surface area contributed by atoms with Gasteiger partial charge in [0, 0.05) is 13.2 Å². The maximum Gasteiger partial charge on any atom is 0.176 e. The van der Waals surface area contributed by atoms with Crippen molar-refractivity contribution >= 4 is 0 Å². The van der Waals surface area contributed by atoms with Crippen LogP contribution in [0.3, 0.4) is 0 Å². The molecule has 0 aliphatic carbocycles. The molecule has 1 rings (SSSR count). The lowest BCUT2D eigenvalue weighted by Gasteiger charge is -2.23. The third-order valence-electron chi connectivity index (χ3n) is 2.46. The lowest BCUT2D eigenvalue weighted by molar-refractivity contribution is -0.149. The topological polar surface area (TPSA) is 53.7 Å². The van der Waals surface area contributed by atoms with Crippen molar-refractivity contribution in [2.24, 2.45) is 5.73 Å². The molecule has 17 heavy (non-hydrogen) atoms. The highest BCUT2D eigenvalue weighted by Crippen LogP contribution is 2.20. The van der Waals surface area contributed by atoms with Gasteiger partial charge in [-0.1, -0.05) is 12.1 Å². The predicted octanol–water partition coefficient (Wildman–Crippen LogP) is 2.09. The lowest BCUT2D eigenvalue weighted by Crippen LogP contribution is -2.31. The summed E-state index contributed by atoms with van der Waals surface area (Å²) in [5.74, 6) is 0.810. The van der Waals surface area contributed by atoms with E-state index in [2.05, 4.69) is 0 Å². The van der Waals surface area contributed by atoms with Crippen LogP contribution in [0.25, 0.3) is 0 Å². The van der Waals surface area contributed by atoms with Crippen molar-refractivity contribution < 1.29 is 14.2 Å². The first-order chi connectivity index (χ1) is 8.22. The molecule has 1 aromatic rings. The molecule has 96 valence electrons. The van der Waals surface area contributed by atoms with Gasteiger partial charge in [-0.05, 0) is 31.5 Å². The smallest absolute Gasteiger partial charge is 0.176 e. The molecule has 0 fully saturated rings. The van der Waals surface area contributed by atoms with Crippen molar-refractivity contribution in [1.82, 2.24) is 0 Å². The Bertz CT molecular complexity index is 307. The van der Waals surface area contributed by atoms with Crippen LogP contribution in [0, 0.1) is 0 Å². The van der Waals surface area contributed by atoms with E-state index in [0.29, 0.717) is 13.2 Å². The third kappa shape index (κ3) is 4.00. The van der Waals surface area contributed by atoms with Crippen LogP contribution in [0.2, 0.25) is 0 Å². The Kier molecular flexibility index (Phi) is 5.97. The zero-order valence-electron chi connectivity index (χ0n) is 10.7. The van der Waals surface area contributed by atoms with E-state index < -0.39 is 6.29 Å². The second-order valence-electron chi connectivity index (χ2n) is 3.58. The first kappa shape index (κ1) is 14.0. The van der Waals surface area contributed by atoms with Crippen LogP contribution in [0.15, 0.2) is 24.3 Å². The van der Waals surface area contributed by atoms with Crippen molar-refractivity contribution in [3.8, 4) is 5.75 Å². The minimum atomic E-state index is -0.404. The molecule has 0 aliphatic heterocycles. The Morgan fingerprint density at radius 2 is 1.59 bits per heavy atom. The van der Waals surface area contributed by atoms with E-state index in [0.717, 1.165) is 11.3 Å². The number of ether oxygens (including phenoxy) is 3. The number of methoxy groups -OCH3 is 1. The van der Waals surface area contributed by atoms with Gasteiger partial charge in [0.25, 0.3) is 0 Å². The van der Waals surface area contributed by atoms with E-state index in [-0.39, 0.29) is 6.04 Å². The summed E-state index contributed by atoms with van der Waals surface area (Å²) < 4.78 is 16.1. The average Bonchev–Trinajstić information content (AvgIpc) is 2.38. The van der Waals surface area contributed by atoms with Crippen LogP contribution in [-0.2, 0) is 9.47 Å². The van der Waals surface area contributed by atoms with Crippen LogP contribution >= 0.6 is 0 Å². The molecule has 0 aliphatic rings. The Balaban J connectivity index is 2.73. The molecule has 4 heteroatoms. The van der Waals surface area contributed by atoms with Gasteiger partial charge >= 0.3 is 0 Å². The van der Waals surface area contributed by atoms with Crippen molar-refractivity contribution in [2.75, 3.05) is 20.3 Å². The van der Waals surface area contributed by atoms with Gasteiger partial charge in [-0.3, -0.25) is 0 Å². The minimum absolute atomic E-state index is 0.291. The molecule has 1 aromatic carbocycles. The summed E-state index contributed by atoms with van der Waals surface area (Å²) in [6.45, 7) is 5.00. The molecule has 0 amide bonds. The van der Waals surface area contributed by atoms with E-state index in [1.807, 2.05) is 38.1 Å². The van der Waals surface area contributed by atoms with E-state index >= 15 is 0 Å². The Morgan fingerprint density at radius 1 is 1.06 bits per heavy atom. The van der Waals surface area contributed by atoms with Gasteiger partial charge in [-0.25, -0.2) is 0 Å². The predicted molar refractivity (Wildman–Crippen MR) is 67.0 cm³/mol. The zero-order chi connectivity index (χ0) is 12.7. The number of hydrogen-bond acceptors (Lipinski definition) is 4. The molecular weight excluding hydrogens is 218 g/mol. The Morgan fingerprint density at radius 3 is 2.00 bits per heavy atom. The second kappa shape index (κ2) is 7.27. The zero-order valence-corrected chi connectivity index (χ0v) is 10.7. The Hall–Kier alpha value is -1.10. The van der Waals surface area contributed by atoms with E-state index in [1.165, 1.54) is 0 Å². The summed E-state index contributed by atoms with van der Waals surface area (Å²) in [6.07, 6.45) is -0.404. The molecule has 0 unspecified atom stereocenters. The van der Waals surface area contributed by atoms with Gasteiger partial charge < -0.3 is 19.9 Å². The molecule has 2 N–H and O–H groups in total. The number of hydrogen-bond donors (Lipinski definition) is 1. The first-order valence-corrected chi connectivity index (χ1v) is 5.85. The Labute approximate surface area is 103 Å². The van der Waals surface area contributed by atoms with Gasteiger partial charge in [0.2, 0.25) is 0 Å². The van der Waals surface area contributed by atoms with Gasteiger partial charge in [0.1, 0.15) is 5.75 Å². The second-order valence-corrected chi connectivity index (χ2v) is 3.58. The SMILES string of the molecule is CCOC(OCC)[C@@H](N)c1ccc(OC)cc1. The summed E-state index contributed by atoms with van der Waals surface area (Å²) in [4.78, 5) is 0. The van der Waals surface area contributed by atoms with Crippen molar-refractivity contribution in [2.45, 2.75) is 26.2 Å². The maximum atomic E-state index is 6.11. The standard InChI is InChI=1S/C13H21NO3/c1-4-16-13(17-5-2)12(14)10-6-8-11(15-3)9-7-10/h6-9,12-13H,4-5,14H2,1-3H3/t12-/m0/s1. The fraction of sp³-hybridized carbons (Fsp3) is 0.538. The fourth-order valence-electron chi connectivity index (χ4n) is 1.57. The van der Waals surface area contributed by atoms with Crippen LogP contribution in [0.5, 0.6) is 5.75 Å². The molecule has 0 radical (unpaired) electrons. The van der Waals surface area contributed by atoms with Gasteiger partial charge in [-0.15, -0.1) is 0 Å². The van der Waals surface area contributed by atoms with E-state index in [4.69, 9.17) is 19.9 Å². The molecule has 4 nitrogen and oxygen atoms in total. The normalized spacial score (nSPS) is 12.8. The highest BCUT2D eigenvalue weighted by Gasteiger charge is 2.19. The van der Waals surface area contributed by atoms with Crippen molar-refractivity contribution in [3.05, 3.63) is 29.8 Å².